The number of hydrogen-bond acceptors (Lipinski definition) is 5. The average molecular weight is 528 g/mol. The first-order chi connectivity index (χ1) is 16.5. The fourth-order valence-corrected chi connectivity index (χ4v) is 4.61. The van der Waals surface area contributed by atoms with E-state index >= 15 is 0 Å². The number of alkyl halides is 3. The van der Waals surface area contributed by atoms with E-state index in [2.05, 4.69) is 4.98 Å². The molecule has 0 unspecified atom stereocenters. The van der Waals surface area contributed by atoms with Crippen molar-refractivity contribution in [3.63, 3.8) is 0 Å². The molecule has 0 spiro atoms. The van der Waals surface area contributed by atoms with E-state index in [0.29, 0.717) is 46.6 Å². The van der Waals surface area contributed by atoms with Crippen LogP contribution in [0.1, 0.15) is 28.8 Å². The van der Waals surface area contributed by atoms with Gasteiger partial charge in [0, 0.05) is 35.7 Å². The number of pyridine rings is 1. The summed E-state index contributed by atoms with van der Waals surface area (Å²) in [6.45, 7) is 0.0552. The Morgan fingerprint density at radius 3 is 2.63 bits per heavy atom. The van der Waals surface area contributed by atoms with E-state index < -0.39 is 34.0 Å². The quantitative estimate of drug-likeness (QED) is 0.488. The predicted molar refractivity (Wildman–Crippen MR) is 125 cm³/mol. The van der Waals surface area contributed by atoms with Gasteiger partial charge in [-0.3, -0.25) is 9.78 Å². The number of benzene rings is 2. The number of hydrogen-bond donors (Lipinski definition) is 1. The zero-order chi connectivity index (χ0) is 25.2. The van der Waals surface area contributed by atoms with Gasteiger partial charge < -0.3 is 9.64 Å². The minimum absolute atomic E-state index is 0.278. The number of rotatable bonds is 7. The van der Waals surface area contributed by atoms with Crippen LogP contribution in [0.3, 0.4) is 0 Å². The Balaban J connectivity index is 1.53. The number of nitrogens with one attached hydrogen (secondary N) is 1. The van der Waals surface area contributed by atoms with Crippen molar-refractivity contribution in [2.24, 2.45) is 0 Å². The highest BCUT2D eigenvalue weighted by Gasteiger charge is 2.46. The van der Waals surface area contributed by atoms with Crippen molar-refractivity contribution < 1.29 is 31.1 Å². The second-order valence-corrected chi connectivity index (χ2v) is 10.2. The topological polar surface area (TPSA) is 88.6 Å². The lowest BCUT2D eigenvalue weighted by Gasteiger charge is -2.25. The first-order valence-corrected chi connectivity index (χ1v) is 12.5. The molecule has 12 heteroatoms. The van der Waals surface area contributed by atoms with Gasteiger partial charge in [-0.1, -0.05) is 23.7 Å². The maximum absolute atomic E-state index is 13.4. The van der Waals surface area contributed by atoms with E-state index in [4.69, 9.17) is 16.3 Å². The van der Waals surface area contributed by atoms with E-state index in [1.165, 1.54) is 17.2 Å². The van der Waals surface area contributed by atoms with Crippen molar-refractivity contribution in [3.8, 4) is 5.75 Å². The van der Waals surface area contributed by atoms with E-state index in [1.807, 2.05) is 12.1 Å². The first-order valence-electron chi connectivity index (χ1n) is 10.7. The van der Waals surface area contributed by atoms with Gasteiger partial charge in [-0.15, -0.1) is 0 Å². The summed E-state index contributed by atoms with van der Waals surface area (Å²) in [7, 11) is -5.49. The second kappa shape index (κ2) is 10.00. The summed E-state index contributed by atoms with van der Waals surface area (Å²) in [5.41, 5.74) is -3.66. The molecule has 1 aliphatic heterocycles. The van der Waals surface area contributed by atoms with Crippen molar-refractivity contribution in [2.75, 3.05) is 13.1 Å². The summed E-state index contributed by atoms with van der Waals surface area (Å²) in [6, 6.07) is 13.1. The molecule has 0 aliphatic carbocycles. The largest absolute Gasteiger partial charge is 0.511 e. The standard InChI is InChI=1S/C23H21ClF3N3O4S/c24-16-5-3-15(4-6-16)14-34-18-7-8-21-20(12-18)19(9-10-28-21)22(31)30-11-1-2-17(30)13-29-35(32,33)23(25,26)27/h3-10,12,17,29H,1-2,11,13-14H2/t17-/m0/s1. The number of sulfonamides is 1. The fraction of sp³-hybridized carbons (Fsp3) is 0.304. The van der Waals surface area contributed by atoms with Gasteiger partial charge in [0.05, 0.1) is 11.1 Å². The molecule has 0 radical (unpaired) electrons. The average Bonchev–Trinajstić information content (AvgIpc) is 3.29. The monoisotopic (exact) mass is 527 g/mol. The Morgan fingerprint density at radius 1 is 1.17 bits per heavy atom. The van der Waals surface area contributed by atoms with Crippen molar-refractivity contribution in [1.29, 1.82) is 0 Å². The van der Waals surface area contributed by atoms with Crippen LogP contribution in [-0.2, 0) is 16.6 Å². The summed E-state index contributed by atoms with van der Waals surface area (Å²) in [5, 5.41) is 1.13. The highest BCUT2D eigenvalue weighted by atomic mass is 35.5. The molecule has 3 aromatic rings. The van der Waals surface area contributed by atoms with Crippen LogP contribution in [0.15, 0.2) is 54.7 Å². The van der Waals surface area contributed by atoms with Gasteiger partial charge in [0.15, 0.2) is 0 Å². The highest BCUT2D eigenvalue weighted by Crippen LogP contribution is 2.28. The molecule has 2 heterocycles. The zero-order valence-electron chi connectivity index (χ0n) is 18.3. The van der Waals surface area contributed by atoms with Gasteiger partial charge in [-0.25, -0.2) is 13.1 Å². The first kappa shape index (κ1) is 25.2. The molecule has 4 rings (SSSR count). The maximum Gasteiger partial charge on any atom is 0.511 e. The van der Waals surface area contributed by atoms with E-state index in [1.54, 1.807) is 35.1 Å². The van der Waals surface area contributed by atoms with Crippen LogP contribution in [0.2, 0.25) is 5.02 Å². The van der Waals surface area contributed by atoms with Crippen LogP contribution in [-0.4, -0.2) is 48.8 Å². The lowest BCUT2D eigenvalue weighted by Crippen LogP contribution is -2.46. The number of carbonyl (C=O) groups excluding carboxylic acids is 1. The van der Waals surface area contributed by atoms with Crippen molar-refractivity contribution in [3.05, 3.63) is 70.9 Å². The molecule has 1 fully saturated rings. The molecule has 0 saturated carbocycles. The SMILES string of the molecule is O=C(c1ccnc2ccc(OCc3ccc(Cl)cc3)cc12)N1CCC[C@H]1CNS(=O)(=O)C(F)(F)F. The van der Waals surface area contributed by atoms with E-state index in [-0.39, 0.29) is 6.61 Å². The van der Waals surface area contributed by atoms with Gasteiger partial charge in [0.25, 0.3) is 5.91 Å². The molecule has 1 aliphatic rings. The van der Waals surface area contributed by atoms with Crippen molar-refractivity contribution >= 4 is 38.4 Å². The Morgan fingerprint density at radius 2 is 1.91 bits per heavy atom. The fourth-order valence-electron chi connectivity index (χ4n) is 3.91. The van der Waals surface area contributed by atoms with Crippen LogP contribution in [0.25, 0.3) is 10.9 Å². The number of nitrogens with zero attached hydrogens (tertiary/aromatic N) is 2. The molecule has 186 valence electrons. The number of ether oxygens (including phenoxy) is 1. The normalized spacial score (nSPS) is 16.6. The molecule has 35 heavy (non-hydrogen) atoms. The molecule has 1 aromatic heterocycles. The van der Waals surface area contributed by atoms with Crippen LogP contribution >= 0.6 is 11.6 Å². The molecule has 1 saturated heterocycles. The number of fused-ring (bicyclic) bond motifs is 1. The number of likely N-dealkylation sites (tertiary alicyclic amines) is 1. The molecule has 0 bridgehead atoms. The zero-order valence-corrected chi connectivity index (χ0v) is 19.8. The molecule has 1 N–H and O–H groups in total. The van der Waals surface area contributed by atoms with Crippen molar-refractivity contribution in [1.82, 2.24) is 14.6 Å². The smallest absolute Gasteiger partial charge is 0.489 e. The van der Waals surface area contributed by atoms with Gasteiger partial charge in [0.1, 0.15) is 12.4 Å². The summed E-state index contributed by atoms with van der Waals surface area (Å²) >= 11 is 5.90. The Hall–Kier alpha value is -2.89. The van der Waals surface area contributed by atoms with Gasteiger partial charge >= 0.3 is 15.5 Å². The molecule has 1 amide bonds. The summed E-state index contributed by atoms with van der Waals surface area (Å²) in [4.78, 5) is 19.0. The van der Waals surface area contributed by atoms with Gasteiger partial charge in [0.2, 0.25) is 0 Å². The molecule has 1 atom stereocenters. The third-order valence-corrected chi connectivity index (χ3v) is 7.12. The van der Waals surface area contributed by atoms with Gasteiger partial charge in [-0.05, 0) is 54.8 Å². The lowest BCUT2D eigenvalue weighted by atomic mass is 10.1. The molecular weight excluding hydrogens is 507 g/mol. The number of aromatic nitrogens is 1. The third-order valence-electron chi connectivity index (χ3n) is 5.71. The third kappa shape index (κ3) is 5.68. The van der Waals surface area contributed by atoms with Crippen LogP contribution < -0.4 is 9.46 Å². The highest BCUT2D eigenvalue weighted by molar-refractivity contribution is 7.90. The molecular formula is C23H21ClF3N3O4S. The number of carbonyl (C=O) groups is 1. The summed E-state index contributed by atoms with van der Waals surface area (Å²) < 4.78 is 68.2. The summed E-state index contributed by atoms with van der Waals surface area (Å²) in [6.07, 6.45) is 2.40. The lowest BCUT2D eigenvalue weighted by molar-refractivity contribution is -0.0448. The minimum Gasteiger partial charge on any atom is -0.489 e. The van der Waals surface area contributed by atoms with Crippen LogP contribution in [0, 0.1) is 0 Å². The Bertz CT molecular complexity index is 1330. The second-order valence-electron chi connectivity index (χ2n) is 8.04. The number of halogens is 4. The number of amides is 1. The van der Waals surface area contributed by atoms with Crippen LogP contribution in [0.4, 0.5) is 13.2 Å². The molecule has 7 nitrogen and oxygen atoms in total. The van der Waals surface area contributed by atoms with E-state index in [0.717, 1.165) is 5.56 Å². The van der Waals surface area contributed by atoms with Gasteiger partial charge in [-0.2, -0.15) is 13.2 Å². The van der Waals surface area contributed by atoms with Crippen LogP contribution in [0.5, 0.6) is 5.75 Å². The predicted octanol–water partition coefficient (Wildman–Crippen LogP) is 4.51. The Kier molecular flexibility index (Phi) is 7.20. The van der Waals surface area contributed by atoms with Crippen molar-refractivity contribution in [2.45, 2.75) is 31.0 Å². The maximum atomic E-state index is 13.4. The summed E-state index contributed by atoms with van der Waals surface area (Å²) in [5.74, 6) is 0.0892. The minimum atomic E-state index is -5.49. The Labute approximate surface area is 204 Å². The molecule has 2 aromatic carbocycles. The van der Waals surface area contributed by atoms with E-state index in [9.17, 15) is 26.4 Å².